The minimum Gasteiger partial charge on any atom is -0.481 e. The van der Waals surface area contributed by atoms with Crippen molar-refractivity contribution in [3.8, 4) is 0 Å². The van der Waals surface area contributed by atoms with Gasteiger partial charge in [-0.25, -0.2) is 0 Å². The van der Waals surface area contributed by atoms with Crippen molar-refractivity contribution in [2.45, 2.75) is 76.6 Å². The van der Waals surface area contributed by atoms with Crippen LogP contribution in [-0.4, -0.2) is 64.9 Å². The highest BCUT2D eigenvalue weighted by molar-refractivity contribution is 6.45. The Labute approximate surface area is 165 Å². The lowest BCUT2D eigenvalue weighted by Crippen LogP contribution is -2.58. The summed E-state index contributed by atoms with van der Waals surface area (Å²) in [5.74, 6) is -1.79. The Bertz CT molecular complexity index is 659. The highest BCUT2D eigenvalue weighted by Gasteiger charge is 2.52. The molecule has 0 aromatic carbocycles. The average Bonchev–Trinajstić information content (AvgIpc) is 2.79. The van der Waals surface area contributed by atoms with E-state index >= 15 is 0 Å². The number of likely N-dealkylation sites (tertiary alicyclic amines) is 1. The summed E-state index contributed by atoms with van der Waals surface area (Å²) in [5.41, 5.74) is 12.0. The minimum absolute atomic E-state index is 0.147. The van der Waals surface area contributed by atoms with Crippen molar-refractivity contribution in [3.05, 3.63) is 10.4 Å². The molecule has 2 heterocycles. The zero-order valence-electron chi connectivity index (χ0n) is 17.2. The molecule has 0 unspecified atom stereocenters. The third-order valence-corrected chi connectivity index (χ3v) is 6.01. The van der Waals surface area contributed by atoms with Crippen molar-refractivity contribution >= 4 is 19.0 Å². The minimum atomic E-state index is -1.70. The molecule has 0 bridgehead atoms. The fraction of sp³-hybridized carbons (Fsp3) is 0.882. The number of piperidine rings is 1. The number of nitrogens with two attached hydrogens (primary N) is 1. The first-order chi connectivity index (χ1) is 12.8. The van der Waals surface area contributed by atoms with E-state index < -0.39 is 35.9 Å². The average molecular weight is 395 g/mol. The maximum atomic E-state index is 12.4. The van der Waals surface area contributed by atoms with Crippen molar-refractivity contribution in [1.82, 2.24) is 4.90 Å². The van der Waals surface area contributed by atoms with Gasteiger partial charge < -0.3 is 25.0 Å². The third kappa shape index (κ3) is 4.43. The molecule has 2 aliphatic heterocycles. The number of carbonyl (C=O) groups is 2. The van der Waals surface area contributed by atoms with E-state index in [-0.39, 0.29) is 24.8 Å². The fourth-order valence-corrected chi connectivity index (χ4v) is 3.76. The molecule has 10 nitrogen and oxygen atoms in total. The van der Waals surface area contributed by atoms with Gasteiger partial charge in [0.2, 0.25) is 5.91 Å². The van der Waals surface area contributed by atoms with Gasteiger partial charge in [0.05, 0.1) is 17.2 Å². The Morgan fingerprint density at radius 1 is 1.36 bits per heavy atom. The zero-order chi connectivity index (χ0) is 21.3. The molecule has 3 atom stereocenters. The van der Waals surface area contributed by atoms with E-state index in [2.05, 4.69) is 10.0 Å². The predicted molar refractivity (Wildman–Crippen MR) is 103 cm³/mol. The van der Waals surface area contributed by atoms with Gasteiger partial charge in [0, 0.05) is 18.0 Å². The van der Waals surface area contributed by atoms with Crippen LogP contribution in [0.2, 0.25) is 6.32 Å². The van der Waals surface area contributed by atoms with E-state index in [0.717, 1.165) is 0 Å². The summed E-state index contributed by atoms with van der Waals surface area (Å²) in [5, 5.41) is 13.3. The number of rotatable bonds is 6. The van der Waals surface area contributed by atoms with Crippen LogP contribution in [0.1, 0.15) is 47.5 Å². The summed E-state index contributed by atoms with van der Waals surface area (Å²) in [6, 6.07) is -0.764. The molecule has 1 amide bonds. The van der Waals surface area contributed by atoms with Crippen molar-refractivity contribution in [2.75, 3.05) is 13.1 Å². The van der Waals surface area contributed by atoms with Crippen LogP contribution in [0.25, 0.3) is 10.4 Å². The molecule has 156 valence electrons. The van der Waals surface area contributed by atoms with Crippen LogP contribution in [-0.2, 0) is 18.9 Å². The summed E-state index contributed by atoms with van der Waals surface area (Å²) in [4.78, 5) is 28.4. The monoisotopic (exact) mass is 395 g/mol. The highest BCUT2D eigenvalue weighted by atomic mass is 16.7. The van der Waals surface area contributed by atoms with Crippen LogP contribution < -0.4 is 5.73 Å². The van der Waals surface area contributed by atoms with Crippen LogP contribution in [0.15, 0.2) is 5.11 Å². The van der Waals surface area contributed by atoms with Gasteiger partial charge >= 0.3 is 13.1 Å². The number of amides is 1. The lowest BCUT2D eigenvalue weighted by Gasteiger charge is -2.42. The molecular formula is C17H30BN5O5. The van der Waals surface area contributed by atoms with E-state index in [4.69, 9.17) is 20.6 Å². The Morgan fingerprint density at radius 3 is 2.39 bits per heavy atom. The first-order valence-corrected chi connectivity index (χ1v) is 9.53. The molecule has 0 spiro atoms. The van der Waals surface area contributed by atoms with Gasteiger partial charge in [-0.05, 0) is 58.8 Å². The smallest absolute Gasteiger partial charge is 0.457 e. The second kappa shape index (κ2) is 7.90. The molecule has 2 saturated heterocycles. The normalized spacial score (nSPS) is 29.9. The Kier molecular flexibility index (Phi) is 6.35. The highest BCUT2D eigenvalue weighted by Crippen LogP contribution is 2.39. The van der Waals surface area contributed by atoms with E-state index in [1.54, 1.807) is 6.92 Å². The van der Waals surface area contributed by atoms with Crippen molar-refractivity contribution in [1.29, 1.82) is 0 Å². The van der Waals surface area contributed by atoms with Gasteiger partial charge in [-0.1, -0.05) is 11.5 Å². The Morgan fingerprint density at radius 2 is 1.93 bits per heavy atom. The van der Waals surface area contributed by atoms with Crippen LogP contribution in [0.4, 0.5) is 0 Å². The number of carbonyl (C=O) groups excluding carboxylic acids is 1. The van der Waals surface area contributed by atoms with E-state index in [1.807, 2.05) is 27.7 Å². The molecule has 0 aromatic heterocycles. The first-order valence-electron chi connectivity index (χ1n) is 9.53. The maximum absolute atomic E-state index is 12.4. The van der Waals surface area contributed by atoms with Crippen molar-refractivity contribution in [2.24, 2.45) is 16.8 Å². The van der Waals surface area contributed by atoms with Crippen LogP contribution in [0.3, 0.4) is 0 Å². The first kappa shape index (κ1) is 22.5. The van der Waals surface area contributed by atoms with Crippen molar-refractivity contribution < 1.29 is 24.0 Å². The number of hydrogen-bond donors (Lipinski definition) is 2. The van der Waals surface area contributed by atoms with Gasteiger partial charge in [0.15, 0.2) is 5.54 Å². The number of hydrogen-bond acceptors (Lipinski definition) is 6. The lowest BCUT2D eigenvalue weighted by atomic mass is 9.74. The standard InChI is InChI=1S/C17H30BN5O5/c1-11(19)13(24)23-9-12(8-17(10-23,14(25)26)21-22-20)6-7-18-27-15(2,3)16(4,5)28-18/h11-12H,6-10,19H2,1-5H3,(H,25,26)/t11-,12+,17+/m0/s1. The quantitative estimate of drug-likeness (QED) is 0.303. The molecule has 28 heavy (non-hydrogen) atoms. The molecule has 0 radical (unpaired) electrons. The van der Waals surface area contributed by atoms with Gasteiger partial charge in [0.1, 0.15) is 0 Å². The topological polar surface area (TPSA) is 151 Å². The molecule has 2 aliphatic rings. The Balaban J connectivity index is 2.15. The zero-order valence-corrected chi connectivity index (χ0v) is 17.2. The van der Waals surface area contributed by atoms with E-state index in [1.165, 1.54) is 4.90 Å². The molecule has 2 rings (SSSR count). The predicted octanol–water partition coefficient (Wildman–Crippen LogP) is 1.80. The van der Waals surface area contributed by atoms with Crippen LogP contribution in [0, 0.1) is 5.92 Å². The maximum Gasteiger partial charge on any atom is 0.457 e. The van der Waals surface area contributed by atoms with Crippen LogP contribution >= 0.6 is 0 Å². The number of aliphatic carboxylic acids is 1. The molecule has 2 fully saturated rings. The number of azide groups is 1. The molecule has 11 heteroatoms. The van der Waals surface area contributed by atoms with Crippen LogP contribution in [0.5, 0.6) is 0 Å². The summed E-state index contributed by atoms with van der Waals surface area (Å²) < 4.78 is 12.0. The molecule has 0 aliphatic carbocycles. The van der Waals surface area contributed by atoms with Gasteiger partial charge in [-0.3, -0.25) is 9.59 Å². The third-order valence-electron chi connectivity index (χ3n) is 6.01. The second-order valence-corrected chi connectivity index (χ2v) is 8.87. The van der Waals surface area contributed by atoms with E-state index in [0.29, 0.717) is 19.3 Å². The lowest BCUT2D eigenvalue weighted by molar-refractivity contribution is -0.149. The molecule has 0 aromatic rings. The summed E-state index contributed by atoms with van der Waals surface area (Å²) in [6.45, 7) is 9.59. The number of carboxylic acid groups (broad SMARTS) is 1. The number of carboxylic acids is 1. The summed E-state index contributed by atoms with van der Waals surface area (Å²) >= 11 is 0. The summed E-state index contributed by atoms with van der Waals surface area (Å²) in [7, 11) is -0.414. The number of nitrogens with zero attached hydrogens (tertiary/aromatic N) is 4. The van der Waals surface area contributed by atoms with Gasteiger partial charge in [-0.2, -0.15) is 0 Å². The molecule has 3 N–H and O–H groups in total. The second-order valence-electron chi connectivity index (χ2n) is 8.87. The van der Waals surface area contributed by atoms with Gasteiger partial charge in [0.25, 0.3) is 0 Å². The molecule has 0 saturated carbocycles. The largest absolute Gasteiger partial charge is 0.481 e. The van der Waals surface area contributed by atoms with Crippen molar-refractivity contribution in [3.63, 3.8) is 0 Å². The SMILES string of the molecule is C[C@H](N)C(=O)N1C[C@H](CCB2OC(C)(C)C(C)(C)O2)C[C@](N=[N+]=[N-])(C(=O)O)C1. The Hall–Kier alpha value is -1.81. The molecular weight excluding hydrogens is 365 g/mol. The van der Waals surface area contributed by atoms with E-state index in [9.17, 15) is 14.7 Å². The summed E-state index contributed by atoms with van der Waals surface area (Å²) in [6.07, 6.45) is 1.26. The van der Waals surface area contributed by atoms with Gasteiger partial charge in [-0.15, -0.1) is 0 Å². The fourth-order valence-electron chi connectivity index (χ4n) is 3.76.